The van der Waals surface area contributed by atoms with Gasteiger partial charge in [-0.25, -0.2) is 0 Å². The molecule has 0 aliphatic carbocycles. The molecule has 0 aromatic heterocycles. The first kappa shape index (κ1) is 14.2. The second-order valence-electron chi connectivity index (χ2n) is 5.25. The Kier molecular flexibility index (Phi) is 4.66. The summed E-state index contributed by atoms with van der Waals surface area (Å²) in [5, 5.41) is 3.63. The smallest absolute Gasteiger partial charge is 0.122 e. The zero-order valence-electron chi connectivity index (χ0n) is 12.0. The Hall–Kier alpha value is -1.26. The third-order valence-electron chi connectivity index (χ3n) is 3.73. The largest absolute Gasteiger partial charge is 0.497 e. The van der Waals surface area contributed by atoms with Crippen LogP contribution in [-0.4, -0.2) is 33.0 Å². The first-order valence-corrected chi connectivity index (χ1v) is 6.70. The Balaban J connectivity index is 2.02. The van der Waals surface area contributed by atoms with E-state index in [1.165, 1.54) is 5.56 Å². The summed E-state index contributed by atoms with van der Waals surface area (Å²) in [5.74, 6) is 1.65. The van der Waals surface area contributed by atoms with Crippen molar-refractivity contribution in [3.63, 3.8) is 0 Å². The Labute approximate surface area is 115 Å². The predicted molar refractivity (Wildman–Crippen MR) is 74.8 cm³/mol. The van der Waals surface area contributed by atoms with Gasteiger partial charge in [0.15, 0.2) is 0 Å². The summed E-state index contributed by atoms with van der Waals surface area (Å²) in [7, 11) is 3.34. The van der Waals surface area contributed by atoms with Crippen molar-refractivity contribution < 1.29 is 14.2 Å². The van der Waals surface area contributed by atoms with Gasteiger partial charge in [-0.3, -0.25) is 0 Å². The maximum atomic E-state index is 5.41. The molecular formula is C15H23NO3. The van der Waals surface area contributed by atoms with Crippen LogP contribution in [0.4, 0.5) is 0 Å². The Morgan fingerprint density at radius 3 is 2.21 bits per heavy atom. The molecule has 0 bridgehead atoms. The normalized spacial score (nSPS) is 18.1. The van der Waals surface area contributed by atoms with Crippen molar-refractivity contribution in [2.75, 3.05) is 27.4 Å². The molecule has 1 aliphatic rings. The molecule has 1 saturated heterocycles. The number of ether oxygens (including phenoxy) is 3. The Bertz CT molecular complexity index is 392. The predicted octanol–water partition coefficient (Wildman–Crippen LogP) is 2.36. The molecule has 19 heavy (non-hydrogen) atoms. The third-order valence-corrected chi connectivity index (χ3v) is 3.73. The van der Waals surface area contributed by atoms with Crippen molar-refractivity contribution in [1.82, 2.24) is 5.32 Å². The molecule has 4 nitrogen and oxygen atoms in total. The van der Waals surface area contributed by atoms with Crippen LogP contribution in [0.3, 0.4) is 0 Å². The van der Waals surface area contributed by atoms with E-state index in [0.29, 0.717) is 0 Å². The van der Waals surface area contributed by atoms with Crippen LogP contribution in [0.2, 0.25) is 0 Å². The van der Waals surface area contributed by atoms with Gasteiger partial charge >= 0.3 is 0 Å². The molecule has 1 aliphatic heterocycles. The van der Waals surface area contributed by atoms with Crippen molar-refractivity contribution in [2.24, 2.45) is 0 Å². The highest BCUT2D eigenvalue weighted by molar-refractivity contribution is 5.38. The number of methoxy groups -OCH3 is 2. The standard InChI is InChI=1S/C15H23NO3/c1-15(4-6-19-7-5-15)16-11-12-8-13(17-2)10-14(9-12)18-3/h8-10,16H,4-7,11H2,1-3H3. The first-order valence-electron chi connectivity index (χ1n) is 6.70. The quantitative estimate of drug-likeness (QED) is 0.887. The van der Waals surface area contributed by atoms with E-state index < -0.39 is 0 Å². The van der Waals surface area contributed by atoms with E-state index in [-0.39, 0.29) is 5.54 Å². The van der Waals surface area contributed by atoms with Gasteiger partial charge in [0.05, 0.1) is 14.2 Å². The van der Waals surface area contributed by atoms with Gasteiger partial charge in [0.2, 0.25) is 0 Å². The van der Waals surface area contributed by atoms with Crippen LogP contribution >= 0.6 is 0 Å². The molecule has 106 valence electrons. The summed E-state index contributed by atoms with van der Waals surface area (Å²) in [4.78, 5) is 0. The van der Waals surface area contributed by atoms with Gasteiger partial charge in [0.1, 0.15) is 11.5 Å². The molecule has 0 atom stereocenters. The minimum absolute atomic E-state index is 0.161. The molecule has 0 unspecified atom stereocenters. The minimum atomic E-state index is 0.161. The fourth-order valence-electron chi connectivity index (χ4n) is 2.28. The van der Waals surface area contributed by atoms with Crippen LogP contribution in [0.1, 0.15) is 25.3 Å². The van der Waals surface area contributed by atoms with Crippen LogP contribution in [0.25, 0.3) is 0 Å². The summed E-state index contributed by atoms with van der Waals surface area (Å²) in [6.45, 7) is 4.74. The van der Waals surface area contributed by atoms with E-state index in [0.717, 1.165) is 44.1 Å². The van der Waals surface area contributed by atoms with E-state index in [9.17, 15) is 0 Å². The van der Waals surface area contributed by atoms with Crippen molar-refractivity contribution >= 4 is 0 Å². The van der Waals surface area contributed by atoms with Crippen molar-refractivity contribution in [3.05, 3.63) is 23.8 Å². The summed E-state index contributed by atoms with van der Waals surface area (Å²) < 4.78 is 16.0. The highest BCUT2D eigenvalue weighted by atomic mass is 16.5. The molecule has 0 saturated carbocycles. The van der Waals surface area contributed by atoms with Crippen LogP contribution in [-0.2, 0) is 11.3 Å². The molecule has 1 aromatic carbocycles. The fraction of sp³-hybridized carbons (Fsp3) is 0.600. The molecule has 0 amide bonds. The maximum Gasteiger partial charge on any atom is 0.122 e. The monoisotopic (exact) mass is 265 g/mol. The van der Waals surface area contributed by atoms with Crippen molar-refractivity contribution in [1.29, 1.82) is 0 Å². The molecule has 2 rings (SSSR count). The highest BCUT2D eigenvalue weighted by Crippen LogP contribution is 2.24. The van der Waals surface area contributed by atoms with Gasteiger partial charge in [-0.15, -0.1) is 0 Å². The lowest BCUT2D eigenvalue weighted by atomic mass is 9.92. The van der Waals surface area contributed by atoms with Gasteiger partial charge in [-0.05, 0) is 37.5 Å². The van der Waals surface area contributed by atoms with Gasteiger partial charge in [-0.2, -0.15) is 0 Å². The van der Waals surface area contributed by atoms with E-state index in [1.54, 1.807) is 14.2 Å². The Morgan fingerprint density at radius 2 is 1.68 bits per heavy atom. The summed E-state index contributed by atoms with van der Waals surface area (Å²) in [6, 6.07) is 5.97. The second-order valence-corrected chi connectivity index (χ2v) is 5.25. The van der Waals surface area contributed by atoms with E-state index in [1.807, 2.05) is 18.2 Å². The molecule has 1 N–H and O–H groups in total. The number of hydrogen-bond acceptors (Lipinski definition) is 4. The lowest BCUT2D eigenvalue weighted by Crippen LogP contribution is -2.46. The van der Waals surface area contributed by atoms with Crippen LogP contribution in [0.15, 0.2) is 18.2 Å². The fourth-order valence-corrected chi connectivity index (χ4v) is 2.28. The van der Waals surface area contributed by atoms with Gasteiger partial charge in [0.25, 0.3) is 0 Å². The first-order chi connectivity index (χ1) is 9.15. The summed E-state index contributed by atoms with van der Waals surface area (Å²) >= 11 is 0. The number of benzene rings is 1. The van der Waals surface area contributed by atoms with Gasteiger partial charge in [-0.1, -0.05) is 0 Å². The number of nitrogens with one attached hydrogen (secondary N) is 1. The number of rotatable bonds is 5. The average Bonchev–Trinajstić information content (AvgIpc) is 2.45. The molecule has 0 spiro atoms. The van der Waals surface area contributed by atoms with Crippen LogP contribution in [0, 0.1) is 0 Å². The topological polar surface area (TPSA) is 39.7 Å². The van der Waals surface area contributed by atoms with E-state index in [2.05, 4.69) is 12.2 Å². The SMILES string of the molecule is COc1cc(CNC2(C)CCOCC2)cc(OC)c1. The zero-order chi connectivity index (χ0) is 13.7. The van der Waals surface area contributed by atoms with Crippen LogP contribution in [0.5, 0.6) is 11.5 Å². The van der Waals surface area contributed by atoms with Gasteiger partial charge in [0, 0.05) is 31.4 Å². The molecule has 0 radical (unpaired) electrons. The maximum absolute atomic E-state index is 5.41. The Morgan fingerprint density at radius 1 is 1.11 bits per heavy atom. The third kappa shape index (κ3) is 3.85. The van der Waals surface area contributed by atoms with Crippen molar-refractivity contribution in [2.45, 2.75) is 31.8 Å². The zero-order valence-corrected chi connectivity index (χ0v) is 12.0. The lowest BCUT2D eigenvalue weighted by Gasteiger charge is -2.34. The highest BCUT2D eigenvalue weighted by Gasteiger charge is 2.26. The summed E-state index contributed by atoms with van der Waals surface area (Å²) in [6.07, 6.45) is 2.10. The molecule has 1 aromatic rings. The van der Waals surface area contributed by atoms with E-state index >= 15 is 0 Å². The minimum Gasteiger partial charge on any atom is -0.497 e. The lowest BCUT2D eigenvalue weighted by molar-refractivity contribution is 0.0446. The number of hydrogen-bond donors (Lipinski definition) is 1. The van der Waals surface area contributed by atoms with Crippen molar-refractivity contribution in [3.8, 4) is 11.5 Å². The van der Waals surface area contributed by atoms with Crippen LogP contribution < -0.4 is 14.8 Å². The van der Waals surface area contributed by atoms with E-state index in [4.69, 9.17) is 14.2 Å². The molecule has 4 heteroatoms. The van der Waals surface area contributed by atoms with Gasteiger partial charge < -0.3 is 19.5 Å². The molecular weight excluding hydrogens is 242 g/mol. The second kappa shape index (κ2) is 6.26. The summed E-state index contributed by atoms with van der Waals surface area (Å²) in [5.41, 5.74) is 1.33. The molecule has 1 fully saturated rings. The average molecular weight is 265 g/mol. The molecule has 1 heterocycles.